The van der Waals surface area contributed by atoms with Crippen molar-refractivity contribution in [3.63, 3.8) is 0 Å². The molecule has 1 aromatic carbocycles. The topological polar surface area (TPSA) is 205 Å². The Bertz CT molecular complexity index is 2180. The Kier molecular flexibility index (Phi) is 8.76. The van der Waals surface area contributed by atoms with Crippen molar-refractivity contribution in [1.82, 2.24) is 50.3 Å². The van der Waals surface area contributed by atoms with Crippen LogP contribution < -0.4 is 20.3 Å². The molecule has 1 aliphatic carbocycles. The summed E-state index contributed by atoms with van der Waals surface area (Å²) in [6, 6.07) is 15.1. The van der Waals surface area contributed by atoms with Crippen LogP contribution in [0.25, 0.3) is 34.3 Å². The summed E-state index contributed by atoms with van der Waals surface area (Å²) < 4.78 is 5.72. The number of amides is 2. The molecule has 0 saturated carbocycles. The monoisotopic (exact) mass is 683 g/mol. The number of hydrogen-bond donors (Lipinski definition) is 4. The van der Waals surface area contributed by atoms with Gasteiger partial charge in [0.1, 0.15) is 23.0 Å². The summed E-state index contributed by atoms with van der Waals surface area (Å²) in [6.07, 6.45) is 11.4. The SMILES string of the molecule is O=C(COc1ccc2c(c1)CCC2)Nc1n[nH]c(-c2ncccc2-c2cncc(N3CCCC(C(=O)Nc4n[nH]c(-c5ccccn5)n4)C3)n2)n1. The highest BCUT2D eigenvalue weighted by Crippen LogP contribution is 2.30. The number of anilines is 3. The first-order chi connectivity index (χ1) is 25.1. The van der Waals surface area contributed by atoms with Crippen molar-refractivity contribution in [1.29, 1.82) is 0 Å². The van der Waals surface area contributed by atoms with E-state index in [0.29, 0.717) is 65.4 Å². The highest BCUT2D eigenvalue weighted by Gasteiger charge is 2.28. The number of aromatic nitrogens is 10. The Morgan fingerprint density at radius 1 is 0.843 bits per heavy atom. The molecular weight excluding hydrogens is 650 g/mol. The molecule has 0 spiro atoms. The van der Waals surface area contributed by atoms with Crippen molar-refractivity contribution in [2.75, 3.05) is 35.2 Å². The molecule has 16 nitrogen and oxygen atoms in total. The van der Waals surface area contributed by atoms with Gasteiger partial charge in [-0.05, 0) is 79.6 Å². The van der Waals surface area contributed by atoms with E-state index in [1.165, 1.54) is 11.1 Å². The number of H-pyrrole nitrogens is 2. The predicted octanol–water partition coefficient (Wildman–Crippen LogP) is 3.87. The number of carbonyl (C=O) groups excluding carboxylic acids is 2. The summed E-state index contributed by atoms with van der Waals surface area (Å²) in [5.41, 5.74) is 4.96. The highest BCUT2D eigenvalue weighted by molar-refractivity contribution is 5.92. The molecule has 1 fully saturated rings. The van der Waals surface area contributed by atoms with Gasteiger partial charge in [-0.1, -0.05) is 12.1 Å². The minimum atomic E-state index is -0.385. The van der Waals surface area contributed by atoms with Crippen molar-refractivity contribution in [3.05, 3.63) is 84.4 Å². The second-order valence-electron chi connectivity index (χ2n) is 12.3. The fourth-order valence-corrected chi connectivity index (χ4v) is 6.36. The maximum Gasteiger partial charge on any atom is 0.264 e. The minimum absolute atomic E-state index is 0.0969. The Hall–Kier alpha value is -6.58. The van der Waals surface area contributed by atoms with E-state index in [-0.39, 0.29) is 36.2 Å². The van der Waals surface area contributed by atoms with E-state index in [4.69, 9.17) is 9.72 Å². The number of carbonyl (C=O) groups is 2. The van der Waals surface area contributed by atoms with E-state index in [9.17, 15) is 9.59 Å². The number of benzene rings is 1. The molecule has 6 heterocycles. The summed E-state index contributed by atoms with van der Waals surface area (Å²) in [5, 5.41) is 19.5. The number of piperidine rings is 1. The summed E-state index contributed by atoms with van der Waals surface area (Å²) in [5.74, 6) is 1.54. The predicted molar refractivity (Wildman–Crippen MR) is 186 cm³/mol. The number of aromatic amines is 2. The zero-order valence-corrected chi connectivity index (χ0v) is 27.4. The van der Waals surface area contributed by atoms with Gasteiger partial charge in [0.2, 0.25) is 17.8 Å². The summed E-state index contributed by atoms with van der Waals surface area (Å²) in [7, 11) is 0. The molecule has 2 amide bonds. The summed E-state index contributed by atoms with van der Waals surface area (Å²) in [4.78, 5) is 55.0. The molecule has 16 heteroatoms. The largest absolute Gasteiger partial charge is 0.484 e. The lowest BCUT2D eigenvalue weighted by atomic mass is 9.97. The molecule has 1 atom stereocenters. The molecular formula is C35H33N13O3. The first kappa shape index (κ1) is 31.7. The molecule has 5 aromatic heterocycles. The first-order valence-electron chi connectivity index (χ1n) is 16.7. The van der Waals surface area contributed by atoms with Gasteiger partial charge in [0.25, 0.3) is 5.91 Å². The van der Waals surface area contributed by atoms with E-state index >= 15 is 0 Å². The Balaban J connectivity index is 0.917. The lowest BCUT2D eigenvalue weighted by molar-refractivity contribution is -0.120. The van der Waals surface area contributed by atoms with Crippen LogP contribution >= 0.6 is 0 Å². The smallest absolute Gasteiger partial charge is 0.264 e. The molecule has 4 N–H and O–H groups in total. The maximum atomic E-state index is 13.2. The van der Waals surface area contributed by atoms with Crippen molar-refractivity contribution < 1.29 is 14.3 Å². The van der Waals surface area contributed by atoms with Gasteiger partial charge in [0.05, 0.1) is 24.0 Å². The van der Waals surface area contributed by atoms with Crippen LogP contribution in [0.15, 0.2) is 73.3 Å². The quantitative estimate of drug-likeness (QED) is 0.162. The van der Waals surface area contributed by atoms with Crippen LogP contribution in [-0.2, 0) is 22.4 Å². The lowest BCUT2D eigenvalue weighted by Crippen LogP contribution is -2.41. The third-order valence-corrected chi connectivity index (χ3v) is 8.85. The number of nitrogens with one attached hydrogen (secondary N) is 4. The standard InChI is InChI=1S/C35H33N13O3/c49-29(20-51-24-12-11-21-6-3-7-22(21)16-24)40-34-42-32(45-46-34)30-25(9-4-14-38-30)27-17-36-18-28(39-27)48-15-5-8-23(19-48)33(50)43-35-41-31(44-47-35)26-10-1-2-13-37-26/h1-2,4,9-14,16-18,23H,3,5-8,15,19-20H2,(H2,40,42,45,46,49)(H2,41,43,44,47,50). The van der Waals surface area contributed by atoms with E-state index in [2.05, 4.69) is 62.0 Å². The van der Waals surface area contributed by atoms with E-state index < -0.39 is 0 Å². The van der Waals surface area contributed by atoms with Crippen molar-refractivity contribution >= 4 is 29.5 Å². The van der Waals surface area contributed by atoms with Gasteiger partial charge in [0, 0.05) is 31.0 Å². The van der Waals surface area contributed by atoms with E-state index in [0.717, 1.165) is 25.7 Å². The van der Waals surface area contributed by atoms with Gasteiger partial charge in [-0.15, -0.1) is 10.2 Å². The van der Waals surface area contributed by atoms with Crippen LogP contribution in [0.5, 0.6) is 5.75 Å². The molecule has 6 aromatic rings. The Morgan fingerprint density at radius 2 is 1.69 bits per heavy atom. The molecule has 256 valence electrons. The van der Waals surface area contributed by atoms with Crippen molar-refractivity contribution in [3.8, 4) is 40.0 Å². The second-order valence-corrected chi connectivity index (χ2v) is 12.3. The molecule has 1 saturated heterocycles. The normalized spacial score (nSPS) is 15.3. The molecule has 2 aliphatic rings. The zero-order chi connectivity index (χ0) is 34.6. The van der Waals surface area contributed by atoms with Gasteiger partial charge < -0.3 is 9.64 Å². The first-order valence-corrected chi connectivity index (χ1v) is 16.7. The third kappa shape index (κ3) is 7.10. The van der Waals surface area contributed by atoms with Crippen LogP contribution in [0.1, 0.15) is 30.4 Å². The average molecular weight is 684 g/mol. The van der Waals surface area contributed by atoms with Crippen molar-refractivity contribution in [2.24, 2.45) is 5.92 Å². The third-order valence-electron chi connectivity index (χ3n) is 8.85. The van der Waals surface area contributed by atoms with Gasteiger partial charge in [-0.25, -0.2) is 4.98 Å². The molecule has 1 unspecified atom stereocenters. The average Bonchev–Trinajstić information content (AvgIpc) is 3.96. The number of fused-ring (bicyclic) bond motifs is 1. The number of ether oxygens (including phenoxy) is 1. The molecule has 8 rings (SSSR count). The van der Waals surface area contributed by atoms with Gasteiger partial charge >= 0.3 is 0 Å². The summed E-state index contributed by atoms with van der Waals surface area (Å²) in [6.45, 7) is 0.988. The molecule has 1 aliphatic heterocycles. The van der Waals surface area contributed by atoms with Crippen LogP contribution in [0, 0.1) is 5.92 Å². The van der Waals surface area contributed by atoms with Gasteiger partial charge in [-0.3, -0.25) is 45.4 Å². The van der Waals surface area contributed by atoms with Gasteiger partial charge in [-0.2, -0.15) is 9.97 Å². The number of rotatable bonds is 10. The number of nitrogens with zero attached hydrogens (tertiary/aromatic N) is 9. The molecule has 0 bridgehead atoms. The fraction of sp³-hybridized carbons (Fsp3) is 0.257. The summed E-state index contributed by atoms with van der Waals surface area (Å²) >= 11 is 0. The minimum Gasteiger partial charge on any atom is -0.484 e. The maximum absolute atomic E-state index is 13.2. The molecule has 0 radical (unpaired) electrons. The Morgan fingerprint density at radius 3 is 2.59 bits per heavy atom. The number of pyridine rings is 2. The second kappa shape index (κ2) is 14.1. The number of hydrogen-bond acceptors (Lipinski definition) is 12. The Labute approximate surface area is 291 Å². The van der Waals surface area contributed by atoms with Crippen molar-refractivity contribution in [2.45, 2.75) is 32.1 Å². The van der Waals surface area contributed by atoms with Crippen LogP contribution in [-0.4, -0.2) is 81.8 Å². The highest BCUT2D eigenvalue weighted by atomic mass is 16.5. The lowest BCUT2D eigenvalue weighted by Gasteiger charge is -2.32. The zero-order valence-electron chi connectivity index (χ0n) is 27.4. The van der Waals surface area contributed by atoms with Crippen LogP contribution in [0.3, 0.4) is 0 Å². The van der Waals surface area contributed by atoms with E-state index in [1.54, 1.807) is 30.9 Å². The van der Waals surface area contributed by atoms with Gasteiger partial charge in [0.15, 0.2) is 18.3 Å². The van der Waals surface area contributed by atoms with E-state index in [1.807, 2.05) is 41.3 Å². The number of aryl methyl sites for hydroxylation is 2. The van der Waals surface area contributed by atoms with Crippen LogP contribution in [0.2, 0.25) is 0 Å². The van der Waals surface area contributed by atoms with Crippen LogP contribution in [0.4, 0.5) is 17.7 Å². The molecule has 51 heavy (non-hydrogen) atoms. The fourth-order valence-electron chi connectivity index (χ4n) is 6.36.